The highest BCUT2D eigenvalue weighted by molar-refractivity contribution is 6.39. The van der Waals surface area contributed by atoms with Crippen molar-refractivity contribution in [2.45, 2.75) is 32.0 Å². The van der Waals surface area contributed by atoms with E-state index in [0.717, 1.165) is 12.0 Å². The van der Waals surface area contributed by atoms with Crippen LogP contribution in [0.25, 0.3) is 22.5 Å². The summed E-state index contributed by atoms with van der Waals surface area (Å²) in [4.78, 5) is 26.9. The molecule has 3 N–H and O–H groups in total. The lowest BCUT2D eigenvalue weighted by molar-refractivity contribution is -0.119. The van der Waals surface area contributed by atoms with E-state index in [-0.39, 0.29) is 17.8 Å². The van der Waals surface area contributed by atoms with Gasteiger partial charge in [-0.05, 0) is 37.7 Å². The van der Waals surface area contributed by atoms with Gasteiger partial charge in [0, 0.05) is 80.4 Å². The molecule has 1 aliphatic heterocycles. The molecule has 10 nitrogen and oxygen atoms in total. The Balaban J connectivity index is 1.36. The maximum atomic E-state index is 15.4. The average Bonchev–Trinajstić information content (AvgIpc) is 3.48. The summed E-state index contributed by atoms with van der Waals surface area (Å²) in [6, 6.07) is 12.7. The number of benzene rings is 1. The van der Waals surface area contributed by atoms with Crippen LogP contribution in [0.4, 0.5) is 15.9 Å². The lowest BCUT2D eigenvalue weighted by Gasteiger charge is -2.18. The minimum Gasteiger partial charge on any atom is -0.481 e. The van der Waals surface area contributed by atoms with Crippen LogP contribution in [-0.4, -0.2) is 72.8 Å². The molecule has 46 heavy (non-hydrogen) atoms. The fourth-order valence-electron chi connectivity index (χ4n) is 5.22. The molecule has 1 fully saturated rings. The Hall–Kier alpha value is -3.87. The lowest BCUT2D eigenvalue weighted by atomic mass is 10.1. The van der Waals surface area contributed by atoms with Gasteiger partial charge in [-0.3, -0.25) is 14.7 Å². The van der Waals surface area contributed by atoms with Crippen LogP contribution in [0, 0.1) is 5.82 Å². The molecule has 0 radical (unpaired) electrons. The Morgan fingerprint density at radius 3 is 2.63 bits per heavy atom. The second-order valence-electron chi connectivity index (χ2n) is 11.0. The van der Waals surface area contributed by atoms with E-state index in [2.05, 4.69) is 25.9 Å². The maximum absolute atomic E-state index is 15.4. The molecule has 0 aliphatic carbocycles. The van der Waals surface area contributed by atoms with Gasteiger partial charge in [0.05, 0.1) is 40.8 Å². The number of carbonyl (C=O) groups excluding carboxylic acids is 1. The monoisotopic (exact) mass is 667 g/mol. The van der Waals surface area contributed by atoms with E-state index in [0.29, 0.717) is 88.9 Å². The summed E-state index contributed by atoms with van der Waals surface area (Å²) in [6.07, 6.45) is 4.57. The zero-order valence-corrected chi connectivity index (χ0v) is 27.4. The molecule has 5 rings (SSSR count). The minimum absolute atomic E-state index is 0.0587. The standard InChI is InChI=1S/C33H36Cl2FN7O3/c1-43(15-16-45-2)19-21-11-13-39-32(30(21)36)41-26-6-4-5-24(28(26)34)31-29(35)23(12-14-38-31)25-9-7-20(33(42-25)46-3)17-37-18-22-8-10-27(44)40-22/h4-7,9,11-14,22,37H,8,10,15-19H2,1-3H3,(H,39,41)(H,40,44). The number of halogens is 3. The Bertz CT molecular complexity index is 1690. The van der Waals surface area contributed by atoms with Crippen molar-refractivity contribution in [1.82, 2.24) is 30.5 Å². The van der Waals surface area contributed by atoms with E-state index in [1.54, 1.807) is 56.9 Å². The Labute approximate surface area is 277 Å². The van der Waals surface area contributed by atoms with Crippen LogP contribution in [0.1, 0.15) is 24.0 Å². The third kappa shape index (κ3) is 7.91. The zero-order valence-electron chi connectivity index (χ0n) is 25.9. The lowest BCUT2D eigenvalue weighted by Crippen LogP contribution is -2.35. The second-order valence-corrected chi connectivity index (χ2v) is 11.7. The number of likely N-dealkylation sites (N-methyl/N-ethyl adjacent to an activating group) is 1. The van der Waals surface area contributed by atoms with Crippen LogP contribution in [0.3, 0.4) is 0 Å². The van der Waals surface area contributed by atoms with Gasteiger partial charge < -0.3 is 25.4 Å². The third-order valence-electron chi connectivity index (χ3n) is 7.68. The first kappa shape index (κ1) is 33.5. The third-order valence-corrected chi connectivity index (χ3v) is 8.47. The molecular formula is C33H36Cl2FN7O3. The summed E-state index contributed by atoms with van der Waals surface area (Å²) in [6.45, 7) is 2.78. The first-order chi connectivity index (χ1) is 22.3. The molecule has 1 atom stereocenters. The van der Waals surface area contributed by atoms with E-state index in [9.17, 15) is 4.79 Å². The van der Waals surface area contributed by atoms with Gasteiger partial charge >= 0.3 is 0 Å². The number of hydrogen-bond donors (Lipinski definition) is 3. The van der Waals surface area contributed by atoms with Crippen molar-refractivity contribution in [2.75, 3.05) is 46.3 Å². The van der Waals surface area contributed by atoms with E-state index in [1.165, 1.54) is 0 Å². The van der Waals surface area contributed by atoms with Gasteiger partial charge in [0.15, 0.2) is 11.6 Å². The summed E-state index contributed by atoms with van der Waals surface area (Å²) in [5.74, 6) is 0.140. The number of aromatic nitrogens is 3. The highest BCUT2D eigenvalue weighted by atomic mass is 35.5. The zero-order chi connectivity index (χ0) is 32.6. The normalized spacial score (nSPS) is 14.5. The van der Waals surface area contributed by atoms with Crippen LogP contribution in [0.5, 0.6) is 5.88 Å². The summed E-state index contributed by atoms with van der Waals surface area (Å²) in [5, 5.41) is 10.0. The van der Waals surface area contributed by atoms with E-state index < -0.39 is 5.82 Å². The number of ether oxygens (including phenoxy) is 2. The van der Waals surface area contributed by atoms with Gasteiger partial charge in [-0.1, -0.05) is 41.4 Å². The predicted octanol–water partition coefficient (Wildman–Crippen LogP) is 5.85. The van der Waals surface area contributed by atoms with E-state index >= 15 is 4.39 Å². The molecule has 3 aromatic heterocycles. The van der Waals surface area contributed by atoms with Gasteiger partial charge in [0.2, 0.25) is 11.8 Å². The van der Waals surface area contributed by atoms with Gasteiger partial charge in [0.25, 0.3) is 0 Å². The maximum Gasteiger partial charge on any atom is 0.220 e. The number of nitrogens with zero attached hydrogens (tertiary/aromatic N) is 4. The summed E-state index contributed by atoms with van der Waals surface area (Å²) in [5.41, 5.74) is 4.06. The smallest absolute Gasteiger partial charge is 0.220 e. The van der Waals surface area contributed by atoms with Crippen molar-refractivity contribution in [3.63, 3.8) is 0 Å². The molecule has 0 saturated carbocycles. The average molecular weight is 669 g/mol. The van der Waals surface area contributed by atoms with Crippen LogP contribution >= 0.6 is 23.2 Å². The highest BCUT2D eigenvalue weighted by Crippen LogP contribution is 2.41. The van der Waals surface area contributed by atoms with E-state index in [1.807, 2.05) is 24.1 Å². The SMILES string of the molecule is COCCN(C)Cc1ccnc(Nc2cccc(-c3nccc(-c4ccc(CNCC5CCC(=O)N5)c(OC)n4)c3Cl)c2Cl)c1F. The fourth-order valence-corrected chi connectivity index (χ4v) is 5.79. The number of anilines is 2. The number of hydrogen-bond acceptors (Lipinski definition) is 9. The molecule has 0 bridgehead atoms. The first-order valence-electron chi connectivity index (χ1n) is 14.8. The molecule has 242 valence electrons. The number of pyridine rings is 3. The number of nitrogens with one attached hydrogen (secondary N) is 3. The summed E-state index contributed by atoms with van der Waals surface area (Å²) >= 11 is 13.8. The number of amides is 1. The molecule has 0 spiro atoms. The van der Waals surface area contributed by atoms with Gasteiger partial charge in [-0.2, -0.15) is 0 Å². The van der Waals surface area contributed by atoms with Crippen molar-refractivity contribution >= 4 is 40.6 Å². The van der Waals surface area contributed by atoms with Crippen molar-refractivity contribution in [3.8, 4) is 28.4 Å². The van der Waals surface area contributed by atoms with Gasteiger partial charge in [-0.25, -0.2) is 14.4 Å². The number of rotatable bonds is 14. The molecule has 4 heterocycles. The Morgan fingerprint density at radius 1 is 1.04 bits per heavy atom. The van der Waals surface area contributed by atoms with Crippen molar-refractivity contribution < 1.29 is 18.7 Å². The van der Waals surface area contributed by atoms with Crippen LogP contribution < -0.4 is 20.7 Å². The van der Waals surface area contributed by atoms with Crippen LogP contribution in [0.15, 0.2) is 54.9 Å². The minimum atomic E-state index is -0.463. The molecule has 1 aliphatic rings. The Kier molecular flexibility index (Phi) is 11.4. The van der Waals surface area contributed by atoms with Gasteiger partial charge in [-0.15, -0.1) is 0 Å². The largest absolute Gasteiger partial charge is 0.481 e. The molecule has 4 aromatic rings. The molecule has 1 aromatic carbocycles. The Morgan fingerprint density at radius 2 is 1.87 bits per heavy atom. The van der Waals surface area contributed by atoms with E-state index in [4.69, 9.17) is 37.7 Å². The highest BCUT2D eigenvalue weighted by Gasteiger charge is 2.21. The number of methoxy groups -OCH3 is 2. The quantitative estimate of drug-likeness (QED) is 0.152. The van der Waals surface area contributed by atoms with Crippen LogP contribution in [-0.2, 0) is 22.6 Å². The number of carbonyl (C=O) groups is 1. The topological polar surface area (TPSA) is 114 Å². The predicted molar refractivity (Wildman–Crippen MR) is 178 cm³/mol. The second kappa shape index (κ2) is 15.6. The van der Waals surface area contributed by atoms with Crippen molar-refractivity contribution in [3.05, 3.63) is 81.8 Å². The fraction of sp³-hybridized carbons (Fsp3) is 0.333. The van der Waals surface area contributed by atoms with Gasteiger partial charge in [0.1, 0.15) is 0 Å². The molecule has 13 heteroatoms. The summed E-state index contributed by atoms with van der Waals surface area (Å²) < 4.78 is 26.2. The summed E-state index contributed by atoms with van der Waals surface area (Å²) in [7, 11) is 5.10. The van der Waals surface area contributed by atoms with Crippen molar-refractivity contribution in [1.29, 1.82) is 0 Å². The molecule has 1 unspecified atom stereocenters. The molecule has 1 saturated heterocycles. The first-order valence-corrected chi connectivity index (χ1v) is 15.6. The van der Waals surface area contributed by atoms with Crippen molar-refractivity contribution in [2.24, 2.45) is 0 Å². The molecule has 1 amide bonds. The van der Waals surface area contributed by atoms with Crippen LogP contribution in [0.2, 0.25) is 10.0 Å². The molecular weight excluding hydrogens is 632 g/mol.